The van der Waals surface area contributed by atoms with Gasteiger partial charge in [-0.25, -0.2) is 15.0 Å². The Morgan fingerprint density at radius 3 is 2.65 bits per heavy atom. The van der Waals surface area contributed by atoms with Crippen LogP contribution in [0, 0.1) is 0 Å². The monoisotopic (exact) mass is 323 g/mol. The minimum atomic E-state index is -1.68. The van der Waals surface area contributed by atoms with Gasteiger partial charge in [-0.1, -0.05) is 6.92 Å². The molecule has 9 heteroatoms. The largest absolute Gasteiger partial charge is 0.390 e. The van der Waals surface area contributed by atoms with E-state index in [1.54, 1.807) is 6.92 Å². The van der Waals surface area contributed by atoms with Crippen LogP contribution >= 0.6 is 0 Å². The summed E-state index contributed by atoms with van der Waals surface area (Å²) in [6.45, 7) is 4.67. The molecule has 2 aromatic heterocycles. The van der Waals surface area contributed by atoms with Crippen LogP contribution in [0.15, 0.2) is 12.7 Å². The lowest BCUT2D eigenvalue weighted by Crippen LogP contribution is -2.56. The van der Waals surface area contributed by atoms with E-state index < -0.39 is 29.6 Å². The van der Waals surface area contributed by atoms with Gasteiger partial charge < -0.3 is 25.8 Å². The zero-order chi connectivity index (χ0) is 17.0. The number of ether oxygens (including phenoxy) is 1. The summed E-state index contributed by atoms with van der Waals surface area (Å²) in [5, 5.41) is 31.8. The number of aliphatic hydroxyl groups excluding tert-OH is 1. The molecule has 1 unspecified atom stereocenters. The number of rotatable bonds is 3. The second kappa shape index (κ2) is 5.10. The predicted octanol–water partition coefficient (Wildman–Crippen LogP) is -0.421. The lowest BCUT2D eigenvalue weighted by atomic mass is 9.81. The minimum Gasteiger partial charge on any atom is -0.390 e. The first-order valence-corrected chi connectivity index (χ1v) is 7.43. The fourth-order valence-electron chi connectivity index (χ4n) is 3.00. The highest BCUT2D eigenvalue weighted by atomic mass is 16.6. The average Bonchev–Trinajstić information content (AvgIpc) is 2.98. The Balaban J connectivity index is 2.10. The van der Waals surface area contributed by atoms with E-state index in [4.69, 9.17) is 10.5 Å². The quantitative estimate of drug-likeness (QED) is 0.597. The molecule has 1 aliphatic heterocycles. The van der Waals surface area contributed by atoms with Gasteiger partial charge in [0.25, 0.3) is 0 Å². The number of aromatic nitrogens is 4. The van der Waals surface area contributed by atoms with Crippen LogP contribution in [0.3, 0.4) is 0 Å². The van der Waals surface area contributed by atoms with E-state index in [9.17, 15) is 15.3 Å². The van der Waals surface area contributed by atoms with Gasteiger partial charge in [0.15, 0.2) is 17.7 Å². The summed E-state index contributed by atoms with van der Waals surface area (Å²) in [6.07, 6.45) is 0.230. The van der Waals surface area contributed by atoms with Crippen LogP contribution in [0.1, 0.15) is 33.4 Å². The maximum atomic E-state index is 10.9. The summed E-state index contributed by atoms with van der Waals surface area (Å²) in [7, 11) is 0. The van der Waals surface area contributed by atoms with Crippen LogP contribution < -0.4 is 5.73 Å². The molecule has 1 aliphatic rings. The maximum absolute atomic E-state index is 10.9. The van der Waals surface area contributed by atoms with Crippen molar-refractivity contribution in [1.82, 2.24) is 19.5 Å². The van der Waals surface area contributed by atoms with Gasteiger partial charge in [0.05, 0.1) is 12.4 Å². The molecule has 3 rings (SSSR count). The molecule has 0 amide bonds. The van der Waals surface area contributed by atoms with E-state index in [0.717, 1.165) is 0 Å². The third-order valence-corrected chi connectivity index (χ3v) is 4.74. The van der Waals surface area contributed by atoms with Crippen LogP contribution in [0.2, 0.25) is 0 Å². The van der Waals surface area contributed by atoms with E-state index in [1.807, 2.05) is 0 Å². The van der Waals surface area contributed by atoms with Crippen molar-refractivity contribution in [2.45, 2.75) is 56.8 Å². The van der Waals surface area contributed by atoms with Crippen LogP contribution in [-0.2, 0) is 4.74 Å². The first-order chi connectivity index (χ1) is 10.7. The van der Waals surface area contributed by atoms with E-state index in [-0.39, 0.29) is 5.82 Å². The highest BCUT2D eigenvalue weighted by Crippen LogP contribution is 2.47. The lowest BCUT2D eigenvalue weighted by molar-refractivity contribution is -0.141. The van der Waals surface area contributed by atoms with Gasteiger partial charge in [-0.2, -0.15) is 0 Å². The van der Waals surface area contributed by atoms with Crippen LogP contribution in [0.4, 0.5) is 5.82 Å². The Bertz CT molecular complexity index is 729. The summed E-state index contributed by atoms with van der Waals surface area (Å²) < 4.78 is 7.30. The third kappa shape index (κ3) is 2.12. The first kappa shape index (κ1) is 16.1. The first-order valence-electron chi connectivity index (χ1n) is 7.43. The molecule has 2 aromatic rings. The van der Waals surface area contributed by atoms with E-state index in [0.29, 0.717) is 17.6 Å². The maximum Gasteiger partial charge on any atom is 0.168 e. The van der Waals surface area contributed by atoms with E-state index in [1.165, 1.54) is 31.1 Å². The molecule has 5 N–H and O–H groups in total. The summed E-state index contributed by atoms with van der Waals surface area (Å²) >= 11 is 0. The zero-order valence-corrected chi connectivity index (χ0v) is 13.2. The van der Waals surface area contributed by atoms with Crippen LogP contribution in [0.25, 0.3) is 11.2 Å². The fraction of sp³-hybridized carbons (Fsp3) is 0.643. The van der Waals surface area contributed by atoms with Crippen molar-refractivity contribution >= 4 is 17.0 Å². The van der Waals surface area contributed by atoms with Crippen molar-refractivity contribution in [2.75, 3.05) is 5.73 Å². The molecule has 0 aromatic carbocycles. The highest BCUT2D eigenvalue weighted by molar-refractivity contribution is 5.81. The minimum absolute atomic E-state index is 0.211. The zero-order valence-electron chi connectivity index (χ0n) is 13.2. The Labute approximate surface area is 132 Å². The van der Waals surface area contributed by atoms with Crippen molar-refractivity contribution in [3.05, 3.63) is 12.7 Å². The topological polar surface area (TPSA) is 140 Å². The molecule has 0 bridgehead atoms. The Hall–Kier alpha value is -1.81. The Morgan fingerprint density at radius 1 is 1.30 bits per heavy atom. The number of nitrogens with two attached hydrogens (primary N) is 1. The summed E-state index contributed by atoms with van der Waals surface area (Å²) in [5.74, 6) is 0.211. The van der Waals surface area contributed by atoms with E-state index in [2.05, 4.69) is 15.0 Å². The molecule has 126 valence electrons. The molecule has 9 nitrogen and oxygen atoms in total. The molecule has 5 atom stereocenters. The molecule has 1 saturated heterocycles. The predicted molar refractivity (Wildman–Crippen MR) is 81.2 cm³/mol. The lowest BCUT2D eigenvalue weighted by Gasteiger charge is -2.36. The van der Waals surface area contributed by atoms with Gasteiger partial charge in [0, 0.05) is 0 Å². The van der Waals surface area contributed by atoms with Gasteiger partial charge in [-0.3, -0.25) is 4.57 Å². The Morgan fingerprint density at radius 2 is 2.00 bits per heavy atom. The van der Waals surface area contributed by atoms with Gasteiger partial charge in [-0.15, -0.1) is 0 Å². The number of nitrogens with zero attached hydrogens (tertiary/aromatic N) is 4. The van der Waals surface area contributed by atoms with Crippen molar-refractivity contribution in [1.29, 1.82) is 0 Å². The van der Waals surface area contributed by atoms with Crippen molar-refractivity contribution in [3.8, 4) is 0 Å². The molecule has 1 fully saturated rings. The average molecular weight is 323 g/mol. The van der Waals surface area contributed by atoms with Crippen molar-refractivity contribution < 1.29 is 20.1 Å². The molecule has 0 radical (unpaired) electrons. The number of aliphatic hydroxyl groups is 3. The highest BCUT2D eigenvalue weighted by Gasteiger charge is 2.63. The molecular formula is C14H21N5O4. The smallest absolute Gasteiger partial charge is 0.168 e. The molecule has 3 heterocycles. The second-order valence-corrected chi connectivity index (χ2v) is 6.26. The number of hydrogen-bond acceptors (Lipinski definition) is 8. The summed E-state index contributed by atoms with van der Waals surface area (Å²) in [5.41, 5.74) is 3.18. The number of nitrogen functional groups attached to an aromatic ring is 1. The summed E-state index contributed by atoms with van der Waals surface area (Å²) in [6, 6.07) is 0. The number of imidazole rings is 1. The molecule has 0 spiro atoms. The van der Waals surface area contributed by atoms with E-state index >= 15 is 0 Å². The normalized spacial score (nSPS) is 35.7. The standard InChI is InChI=1S/C14H21N5O4/c1-4-7(20)9-13(2,21)14(3,22)12(23-9)19-6-18-8-10(15)16-5-17-11(8)19/h5-7,9,12,20-22H,4H2,1-3H3,(H2,15,16,17)/t7?,9-,12-,13-,14+/m1/s1. The molecular weight excluding hydrogens is 302 g/mol. The number of hydrogen-bond donors (Lipinski definition) is 4. The van der Waals surface area contributed by atoms with Gasteiger partial charge >= 0.3 is 0 Å². The third-order valence-electron chi connectivity index (χ3n) is 4.74. The Kier molecular flexibility index (Phi) is 3.56. The van der Waals surface area contributed by atoms with Crippen LogP contribution in [-0.4, -0.2) is 58.2 Å². The van der Waals surface area contributed by atoms with Crippen LogP contribution in [0.5, 0.6) is 0 Å². The van der Waals surface area contributed by atoms with Crippen molar-refractivity contribution in [3.63, 3.8) is 0 Å². The number of fused-ring (bicyclic) bond motifs is 1. The molecule has 23 heavy (non-hydrogen) atoms. The van der Waals surface area contributed by atoms with Gasteiger partial charge in [-0.05, 0) is 20.3 Å². The summed E-state index contributed by atoms with van der Waals surface area (Å²) in [4.78, 5) is 12.1. The SMILES string of the molecule is CCC(O)[C@H]1O[C@@H](n2cnc3c(N)ncnc32)[C@](C)(O)[C@]1(C)O. The van der Waals surface area contributed by atoms with Gasteiger partial charge in [0.2, 0.25) is 0 Å². The number of anilines is 1. The van der Waals surface area contributed by atoms with Gasteiger partial charge in [0.1, 0.15) is 29.2 Å². The molecule has 0 aliphatic carbocycles. The fourth-order valence-corrected chi connectivity index (χ4v) is 3.00. The second-order valence-electron chi connectivity index (χ2n) is 6.26. The van der Waals surface area contributed by atoms with Crippen molar-refractivity contribution in [2.24, 2.45) is 0 Å². The molecule has 0 saturated carbocycles.